The summed E-state index contributed by atoms with van der Waals surface area (Å²) in [6.45, 7) is 5.11. The molecule has 0 unspecified atom stereocenters. The molecule has 4 rings (SSSR count). The highest BCUT2D eigenvalue weighted by Crippen LogP contribution is 2.26. The van der Waals surface area contributed by atoms with Gasteiger partial charge in [0.25, 0.3) is 5.89 Å². The topological polar surface area (TPSA) is 56.7 Å². The van der Waals surface area contributed by atoms with Gasteiger partial charge in [0.15, 0.2) is 0 Å². The number of benzene rings is 2. The van der Waals surface area contributed by atoms with Crippen LogP contribution in [-0.2, 0) is 6.54 Å². The van der Waals surface area contributed by atoms with Gasteiger partial charge < -0.3 is 4.52 Å². The summed E-state index contributed by atoms with van der Waals surface area (Å²) in [6.07, 6.45) is 2.94. The summed E-state index contributed by atoms with van der Waals surface area (Å²) in [7, 11) is 0. The Kier molecular flexibility index (Phi) is 3.61. The Morgan fingerprint density at radius 2 is 2.00 bits per heavy atom. The predicted molar refractivity (Wildman–Crippen MR) is 93.5 cm³/mol. The van der Waals surface area contributed by atoms with Crippen molar-refractivity contribution in [3.63, 3.8) is 0 Å². The van der Waals surface area contributed by atoms with Gasteiger partial charge in [-0.1, -0.05) is 35.8 Å². The Bertz CT molecular complexity index is 999. The molecule has 24 heavy (non-hydrogen) atoms. The van der Waals surface area contributed by atoms with Crippen molar-refractivity contribution >= 4 is 10.9 Å². The van der Waals surface area contributed by atoms with E-state index in [2.05, 4.69) is 28.2 Å². The largest absolute Gasteiger partial charge is 0.334 e. The molecule has 0 spiro atoms. The maximum absolute atomic E-state index is 5.46. The molecule has 0 saturated carbocycles. The first-order chi connectivity index (χ1) is 11.7. The van der Waals surface area contributed by atoms with Gasteiger partial charge in [-0.3, -0.25) is 4.68 Å². The molecule has 0 atom stereocenters. The van der Waals surface area contributed by atoms with Crippen molar-refractivity contribution in [3.8, 4) is 22.8 Å². The quantitative estimate of drug-likeness (QED) is 0.557. The Morgan fingerprint density at radius 1 is 1.08 bits per heavy atom. The molecule has 0 amide bonds. The number of aromatic nitrogens is 4. The maximum Gasteiger partial charge on any atom is 0.258 e. The Hall–Kier alpha value is -2.95. The maximum atomic E-state index is 5.46. The SMILES string of the molecule is CCCn1ncc2cc(-c3nc(-c4cccc(C)c4)no3)ccc21. The zero-order valence-corrected chi connectivity index (χ0v) is 13.7. The van der Waals surface area contributed by atoms with Crippen LogP contribution in [0.3, 0.4) is 0 Å². The molecule has 0 N–H and O–H groups in total. The lowest BCUT2D eigenvalue weighted by Crippen LogP contribution is -1.97. The highest BCUT2D eigenvalue weighted by atomic mass is 16.5. The van der Waals surface area contributed by atoms with E-state index in [9.17, 15) is 0 Å². The van der Waals surface area contributed by atoms with E-state index in [1.807, 2.05) is 54.2 Å². The molecule has 2 aromatic carbocycles. The Labute approximate surface area is 139 Å². The fraction of sp³-hybridized carbons (Fsp3) is 0.211. The van der Waals surface area contributed by atoms with Crippen LogP contribution in [0.4, 0.5) is 0 Å². The minimum Gasteiger partial charge on any atom is -0.334 e. The summed E-state index contributed by atoms with van der Waals surface area (Å²) >= 11 is 0. The molecule has 120 valence electrons. The minimum absolute atomic E-state index is 0.525. The number of fused-ring (bicyclic) bond motifs is 1. The predicted octanol–water partition coefficient (Wildman–Crippen LogP) is 4.47. The molecule has 0 bridgehead atoms. The highest BCUT2D eigenvalue weighted by molar-refractivity contribution is 5.83. The van der Waals surface area contributed by atoms with E-state index in [4.69, 9.17) is 4.52 Å². The number of aryl methyl sites for hydroxylation is 2. The number of rotatable bonds is 4. The number of hydrogen-bond donors (Lipinski definition) is 0. The van der Waals surface area contributed by atoms with E-state index in [1.165, 1.54) is 5.56 Å². The first kappa shape index (κ1) is 14.6. The molecular formula is C19H18N4O. The van der Waals surface area contributed by atoms with E-state index < -0.39 is 0 Å². The van der Waals surface area contributed by atoms with Crippen LogP contribution in [0, 0.1) is 6.92 Å². The zero-order valence-electron chi connectivity index (χ0n) is 13.7. The fourth-order valence-electron chi connectivity index (χ4n) is 2.85. The first-order valence-corrected chi connectivity index (χ1v) is 8.11. The first-order valence-electron chi connectivity index (χ1n) is 8.11. The molecular weight excluding hydrogens is 300 g/mol. The van der Waals surface area contributed by atoms with Gasteiger partial charge in [-0.2, -0.15) is 10.1 Å². The lowest BCUT2D eigenvalue weighted by Gasteiger charge is -2.01. The Morgan fingerprint density at radius 3 is 2.83 bits per heavy atom. The van der Waals surface area contributed by atoms with Crippen LogP contribution in [0.25, 0.3) is 33.7 Å². The van der Waals surface area contributed by atoms with Crippen molar-refractivity contribution in [3.05, 3.63) is 54.2 Å². The smallest absolute Gasteiger partial charge is 0.258 e. The summed E-state index contributed by atoms with van der Waals surface area (Å²) in [4.78, 5) is 4.54. The third-order valence-corrected chi connectivity index (χ3v) is 4.03. The lowest BCUT2D eigenvalue weighted by molar-refractivity contribution is 0.432. The summed E-state index contributed by atoms with van der Waals surface area (Å²) < 4.78 is 7.48. The summed E-state index contributed by atoms with van der Waals surface area (Å²) in [6, 6.07) is 14.2. The van der Waals surface area contributed by atoms with Crippen LogP contribution in [0.2, 0.25) is 0 Å². The average Bonchev–Trinajstić information content (AvgIpc) is 3.22. The van der Waals surface area contributed by atoms with Gasteiger partial charge in [0.2, 0.25) is 5.82 Å². The average molecular weight is 318 g/mol. The van der Waals surface area contributed by atoms with Crippen molar-refractivity contribution < 1.29 is 4.52 Å². The van der Waals surface area contributed by atoms with Crippen molar-refractivity contribution in [2.75, 3.05) is 0 Å². The third-order valence-electron chi connectivity index (χ3n) is 4.03. The highest BCUT2D eigenvalue weighted by Gasteiger charge is 2.12. The van der Waals surface area contributed by atoms with Gasteiger partial charge in [0.1, 0.15) is 0 Å². The second kappa shape index (κ2) is 5.92. The molecule has 2 aromatic heterocycles. The van der Waals surface area contributed by atoms with Crippen molar-refractivity contribution in [2.24, 2.45) is 0 Å². The van der Waals surface area contributed by atoms with E-state index in [0.29, 0.717) is 11.7 Å². The molecule has 0 aliphatic rings. The van der Waals surface area contributed by atoms with E-state index in [0.717, 1.165) is 35.0 Å². The van der Waals surface area contributed by atoms with Crippen molar-refractivity contribution in [1.82, 2.24) is 19.9 Å². The van der Waals surface area contributed by atoms with Gasteiger partial charge in [0, 0.05) is 23.1 Å². The molecule has 4 aromatic rings. The normalized spacial score (nSPS) is 11.2. The summed E-state index contributed by atoms with van der Waals surface area (Å²) in [5, 5.41) is 9.62. The van der Waals surface area contributed by atoms with Crippen LogP contribution in [0.5, 0.6) is 0 Å². The summed E-state index contributed by atoms with van der Waals surface area (Å²) in [5.74, 6) is 1.13. The summed E-state index contributed by atoms with van der Waals surface area (Å²) in [5.41, 5.74) is 4.16. The van der Waals surface area contributed by atoms with Crippen LogP contribution in [0.15, 0.2) is 53.2 Å². The molecule has 0 aliphatic heterocycles. The molecule has 0 fully saturated rings. The molecule has 5 nitrogen and oxygen atoms in total. The van der Waals surface area contributed by atoms with Gasteiger partial charge in [-0.25, -0.2) is 0 Å². The van der Waals surface area contributed by atoms with E-state index in [1.54, 1.807) is 0 Å². The monoisotopic (exact) mass is 318 g/mol. The van der Waals surface area contributed by atoms with Crippen LogP contribution < -0.4 is 0 Å². The van der Waals surface area contributed by atoms with E-state index in [-0.39, 0.29) is 0 Å². The third kappa shape index (κ3) is 2.58. The molecule has 0 aliphatic carbocycles. The number of nitrogens with zero attached hydrogens (tertiary/aromatic N) is 4. The Balaban J connectivity index is 1.70. The molecule has 0 saturated heterocycles. The number of hydrogen-bond acceptors (Lipinski definition) is 4. The van der Waals surface area contributed by atoms with E-state index >= 15 is 0 Å². The van der Waals surface area contributed by atoms with Gasteiger partial charge >= 0.3 is 0 Å². The van der Waals surface area contributed by atoms with Gasteiger partial charge in [-0.15, -0.1) is 0 Å². The molecule has 2 heterocycles. The minimum atomic E-state index is 0.525. The van der Waals surface area contributed by atoms with Crippen molar-refractivity contribution in [1.29, 1.82) is 0 Å². The van der Waals surface area contributed by atoms with Crippen molar-refractivity contribution in [2.45, 2.75) is 26.8 Å². The second-order valence-corrected chi connectivity index (χ2v) is 5.93. The van der Waals surface area contributed by atoms with Gasteiger partial charge in [-0.05, 0) is 37.6 Å². The lowest BCUT2D eigenvalue weighted by atomic mass is 10.1. The zero-order chi connectivity index (χ0) is 16.5. The van der Waals surface area contributed by atoms with Gasteiger partial charge in [0.05, 0.1) is 11.7 Å². The van der Waals surface area contributed by atoms with Crippen LogP contribution in [0.1, 0.15) is 18.9 Å². The fourth-order valence-corrected chi connectivity index (χ4v) is 2.85. The van der Waals surface area contributed by atoms with Crippen LogP contribution in [-0.4, -0.2) is 19.9 Å². The standard InChI is InChI=1S/C19H18N4O/c1-3-9-23-17-8-7-15(11-16(17)12-20-23)19-21-18(22-24-19)14-6-4-5-13(2)10-14/h4-8,10-12H,3,9H2,1-2H3. The second-order valence-electron chi connectivity index (χ2n) is 5.93. The molecule has 5 heteroatoms. The van der Waals surface area contributed by atoms with Crippen LogP contribution >= 0.6 is 0 Å². The molecule has 0 radical (unpaired) electrons.